The molecule has 0 saturated heterocycles. The van der Waals surface area contributed by atoms with Crippen LogP contribution in [0.2, 0.25) is 0 Å². The SMILES string of the molecule is CCCCCCCCCCCCCCCCCCCCCCCCCCCCc1cccc2ccccc12. The molecule has 0 aromatic heterocycles. The predicted octanol–water partition coefficient (Wildman–Crippen LogP) is 13.5. The van der Waals surface area contributed by atoms with Crippen molar-refractivity contribution in [3.05, 3.63) is 48.0 Å². The van der Waals surface area contributed by atoms with Crippen molar-refractivity contribution in [1.29, 1.82) is 0 Å². The molecule has 216 valence electrons. The smallest absolute Gasteiger partial charge is 0.0152 e. The van der Waals surface area contributed by atoms with E-state index in [9.17, 15) is 0 Å². The summed E-state index contributed by atoms with van der Waals surface area (Å²) in [5.41, 5.74) is 1.53. The van der Waals surface area contributed by atoms with Crippen LogP contribution in [0.25, 0.3) is 10.8 Å². The van der Waals surface area contributed by atoms with Gasteiger partial charge in [0.15, 0.2) is 0 Å². The van der Waals surface area contributed by atoms with Crippen LogP contribution in [0.15, 0.2) is 42.5 Å². The Labute approximate surface area is 238 Å². The van der Waals surface area contributed by atoms with Crippen molar-refractivity contribution >= 4 is 10.8 Å². The molecule has 0 amide bonds. The molecule has 0 heterocycles. The molecule has 2 aromatic carbocycles. The van der Waals surface area contributed by atoms with Crippen molar-refractivity contribution in [1.82, 2.24) is 0 Å². The van der Waals surface area contributed by atoms with Crippen molar-refractivity contribution in [2.24, 2.45) is 0 Å². The molecule has 0 nitrogen and oxygen atoms in total. The van der Waals surface area contributed by atoms with Gasteiger partial charge in [-0.25, -0.2) is 0 Å². The lowest BCUT2D eigenvalue weighted by molar-refractivity contribution is 0.515. The molecule has 0 aliphatic rings. The van der Waals surface area contributed by atoms with E-state index in [4.69, 9.17) is 0 Å². The van der Waals surface area contributed by atoms with Crippen molar-refractivity contribution in [2.45, 2.75) is 180 Å². The summed E-state index contributed by atoms with van der Waals surface area (Å²) in [5.74, 6) is 0. The van der Waals surface area contributed by atoms with Gasteiger partial charge in [-0.15, -0.1) is 0 Å². The highest BCUT2D eigenvalue weighted by molar-refractivity contribution is 5.85. The molecule has 0 N–H and O–H groups in total. The van der Waals surface area contributed by atoms with Crippen LogP contribution < -0.4 is 0 Å². The molecule has 0 radical (unpaired) electrons. The first kappa shape index (κ1) is 32.9. The van der Waals surface area contributed by atoms with E-state index in [1.807, 2.05) is 0 Å². The van der Waals surface area contributed by atoms with E-state index < -0.39 is 0 Å². The highest BCUT2D eigenvalue weighted by Crippen LogP contribution is 2.21. The van der Waals surface area contributed by atoms with E-state index in [2.05, 4.69) is 49.4 Å². The summed E-state index contributed by atoms with van der Waals surface area (Å²) in [6.45, 7) is 2.31. The lowest BCUT2D eigenvalue weighted by atomic mass is 9.99. The molecule has 0 unspecified atom stereocenters. The summed E-state index contributed by atoms with van der Waals surface area (Å²) in [7, 11) is 0. The summed E-state index contributed by atoms with van der Waals surface area (Å²) in [6.07, 6.45) is 39.2. The van der Waals surface area contributed by atoms with Crippen LogP contribution in [0.3, 0.4) is 0 Å². The maximum Gasteiger partial charge on any atom is -0.0152 e. The zero-order valence-electron chi connectivity index (χ0n) is 25.6. The van der Waals surface area contributed by atoms with Gasteiger partial charge in [-0.3, -0.25) is 0 Å². The molecule has 0 aliphatic carbocycles. The summed E-state index contributed by atoms with van der Waals surface area (Å²) in [5, 5.41) is 2.84. The molecule has 0 fully saturated rings. The van der Waals surface area contributed by atoms with E-state index >= 15 is 0 Å². The zero-order chi connectivity index (χ0) is 26.8. The van der Waals surface area contributed by atoms with Crippen LogP contribution in [-0.4, -0.2) is 0 Å². The number of hydrogen-bond acceptors (Lipinski definition) is 0. The topological polar surface area (TPSA) is 0 Å². The third-order valence-corrected chi connectivity index (χ3v) is 8.68. The van der Waals surface area contributed by atoms with Gasteiger partial charge in [0.2, 0.25) is 0 Å². The van der Waals surface area contributed by atoms with E-state index in [1.165, 1.54) is 190 Å². The Morgan fingerprint density at radius 3 is 1.11 bits per heavy atom. The molecule has 0 atom stereocenters. The normalized spacial score (nSPS) is 11.5. The Balaban J connectivity index is 1.23. The predicted molar refractivity (Wildman–Crippen MR) is 173 cm³/mol. The minimum absolute atomic E-state index is 1.24. The molecule has 38 heavy (non-hydrogen) atoms. The van der Waals surface area contributed by atoms with Gasteiger partial charge in [0.1, 0.15) is 0 Å². The Morgan fingerprint density at radius 1 is 0.342 bits per heavy atom. The monoisotopic (exact) mass is 521 g/mol. The van der Waals surface area contributed by atoms with Crippen LogP contribution in [0, 0.1) is 0 Å². The molecule has 0 heteroatoms. The fourth-order valence-corrected chi connectivity index (χ4v) is 6.14. The lowest BCUT2D eigenvalue weighted by Gasteiger charge is -2.07. The van der Waals surface area contributed by atoms with Crippen molar-refractivity contribution < 1.29 is 0 Å². The number of aryl methyl sites for hydroxylation is 1. The highest BCUT2D eigenvalue weighted by Gasteiger charge is 2.00. The van der Waals surface area contributed by atoms with E-state index in [0.29, 0.717) is 0 Å². The Morgan fingerprint density at radius 2 is 0.684 bits per heavy atom. The number of benzene rings is 2. The maximum atomic E-state index is 2.32. The Kier molecular flexibility index (Phi) is 21.4. The first-order chi connectivity index (χ1) is 18.9. The van der Waals surface area contributed by atoms with Crippen molar-refractivity contribution in [3.8, 4) is 0 Å². The molecule has 2 rings (SSSR count). The van der Waals surface area contributed by atoms with E-state index in [1.54, 1.807) is 0 Å². The minimum Gasteiger partial charge on any atom is -0.0654 e. The largest absolute Gasteiger partial charge is 0.0654 e. The van der Waals surface area contributed by atoms with Gasteiger partial charge in [0.05, 0.1) is 0 Å². The fourth-order valence-electron chi connectivity index (χ4n) is 6.14. The van der Waals surface area contributed by atoms with Crippen molar-refractivity contribution in [2.75, 3.05) is 0 Å². The van der Waals surface area contributed by atoms with Crippen LogP contribution in [0.1, 0.15) is 179 Å². The van der Waals surface area contributed by atoms with Gasteiger partial charge in [-0.2, -0.15) is 0 Å². The first-order valence-corrected chi connectivity index (χ1v) is 17.4. The van der Waals surface area contributed by atoms with Gasteiger partial charge in [0, 0.05) is 0 Å². The average molecular weight is 521 g/mol. The van der Waals surface area contributed by atoms with Crippen LogP contribution in [0.4, 0.5) is 0 Å². The Hall–Kier alpha value is -1.30. The van der Waals surface area contributed by atoms with E-state index in [-0.39, 0.29) is 0 Å². The molecule has 0 spiro atoms. The summed E-state index contributed by atoms with van der Waals surface area (Å²) < 4.78 is 0. The number of unbranched alkanes of at least 4 members (excludes halogenated alkanes) is 25. The quantitative estimate of drug-likeness (QED) is 0.103. The number of fused-ring (bicyclic) bond motifs is 1. The van der Waals surface area contributed by atoms with Crippen LogP contribution in [0.5, 0.6) is 0 Å². The fraction of sp³-hybridized carbons (Fsp3) is 0.737. The van der Waals surface area contributed by atoms with Crippen molar-refractivity contribution in [3.63, 3.8) is 0 Å². The average Bonchev–Trinajstić information content (AvgIpc) is 2.95. The lowest BCUT2D eigenvalue weighted by Crippen LogP contribution is -1.88. The first-order valence-electron chi connectivity index (χ1n) is 17.4. The van der Waals surface area contributed by atoms with Gasteiger partial charge >= 0.3 is 0 Å². The van der Waals surface area contributed by atoms with Gasteiger partial charge in [-0.05, 0) is 29.2 Å². The minimum atomic E-state index is 1.24. The van der Waals surface area contributed by atoms with Crippen LogP contribution >= 0.6 is 0 Å². The summed E-state index contributed by atoms with van der Waals surface area (Å²) in [6, 6.07) is 15.6. The molecule has 0 saturated carbocycles. The Bertz CT molecular complexity index is 754. The van der Waals surface area contributed by atoms with E-state index in [0.717, 1.165) is 0 Å². The molecular formula is C38H64. The maximum absolute atomic E-state index is 2.32. The number of rotatable bonds is 27. The second kappa shape index (κ2) is 24.7. The van der Waals surface area contributed by atoms with Gasteiger partial charge < -0.3 is 0 Å². The molecule has 0 aliphatic heterocycles. The third kappa shape index (κ3) is 17.3. The standard InChI is InChI=1S/C38H64/c1-2-3-4-5-6-7-8-9-10-11-12-13-14-15-16-17-18-19-20-21-22-23-24-25-26-27-31-36-33-30-34-37-32-28-29-35-38(36)37/h28-30,32-35H,2-27,31H2,1H3. The number of hydrogen-bond donors (Lipinski definition) is 0. The summed E-state index contributed by atoms with van der Waals surface area (Å²) in [4.78, 5) is 0. The van der Waals surface area contributed by atoms with Gasteiger partial charge in [0.25, 0.3) is 0 Å². The third-order valence-electron chi connectivity index (χ3n) is 8.68. The molecule has 2 aromatic rings. The zero-order valence-corrected chi connectivity index (χ0v) is 25.6. The summed E-state index contributed by atoms with van der Waals surface area (Å²) >= 11 is 0. The second-order valence-corrected chi connectivity index (χ2v) is 12.2. The highest BCUT2D eigenvalue weighted by atomic mass is 14.1. The van der Waals surface area contributed by atoms with Gasteiger partial charge in [-0.1, -0.05) is 210 Å². The second-order valence-electron chi connectivity index (χ2n) is 12.2. The molecule has 0 bridgehead atoms. The van der Waals surface area contributed by atoms with Crippen LogP contribution in [-0.2, 0) is 6.42 Å². The molecular weight excluding hydrogens is 456 g/mol.